The van der Waals surface area contributed by atoms with Gasteiger partial charge in [0.15, 0.2) is 0 Å². The summed E-state index contributed by atoms with van der Waals surface area (Å²) in [7, 11) is -3.15. The van der Waals surface area contributed by atoms with E-state index in [0.717, 1.165) is 43.3 Å². The maximum Gasteiger partial charge on any atom is 0.245 e. The molecule has 2 rings (SSSR count). The molecule has 6 nitrogen and oxygen atoms in total. The van der Waals surface area contributed by atoms with Crippen LogP contribution in [0.3, 0.4) is 0 Å². The Hall–Kier alpha value is -2.59. The highest BCUT2D eigenvalue weighted by Gasteiger charge is 2.26. The van der Waals surface area contributed by atoms with E-state index in [4.69, 9.17) is 4.74 Å². The number of amides is 1. The molecule has 140 valence electrons. The van der Waals surface area contributed by atoms with Gasteiger partial charge in [-0.2, -0.15) is 4.72 Å². The van der Waals surface area contributed by atoms with Crippen LogP contribution >= 0.6 is 0 Å². The molecule has 1 atom stereocenters. The van der Waals surface area contributed by atoms with E-state index >= 15 is 0 Å². The molecule has 2 aromatic carbocycles. The highest BCUT2D eigenvalue weighted by Crippen LogP contribution is 2.24. The first-order chi connectivity index (χ1) is 12.2. The third-order valence-electron chi connectivity index (χ3n) is 3.35. The van der Waals surface area contributed by atoms with E-state index < -0.39 is 50.0 Å². The monoisotopic (exact) mass is 388 g/mol. The predicted molar refractivity (Wildman–Crippen MR) is 87.7 cm³/mol. The third kappa shape index (κ3) is 4.33. The van der Waals surface area contributed by atoms with Crippen molar-refractivity contribution in [1.29, 1.82) is 0 Å². The number of hydrogen-bond donors (Lipinski definition) is 2. The van der Waals surface area contributed by atoms with Gasteiger partial charge in [0, 0.05) is 0 Å². The maximum absolute atomic E-state index is 13.6. The minimum atomic E-state index is -4.35. The molecule has 0 bridgehead atoms. The molecule has 2 aromatic rings. The Kier molecular flexibility index (Phi) is 5.88. The summed E-state index contributed by atoms with van der Waals surface area (Å²) < 4.78 is 72.1. The van der Waals surface area contributed by atoms with Gasteiger partial charge in [-0.05, 0) is 37.3 Å². The summed E-state index contributed by atoms with van der Waals surface area (Å²) in [6, 6.07) is 4.42. The standard InChI is InChI=1S/C16H15F3N2O4S/c1-9(16(22)20-15-11(18)4-3-5-12(15)19)21-26(23,24)14-8-10(17)6-7-13(14)25-2/h3-9,21H,1-2H3,(H,20,22). The second-order valence-electron chi connectivity index (χ2n) is 5.22. The van der Waals surface area contributed by atoms with Crippen molar-refractivity contribution in [2.45, 2.75) is 17.9 Å². The van der Waals surface area contributed by atoms with Crippen LogP contribution in [0.5, 0.6) is 5.75 Å². The van der Waals surface area contributed by atoms with Gasteiger partial charge in [0.1, 0.15) is 33.8 Å². The largest absolute Gasteiger partial charge is 0.495 e. The molecule has 1 unspecified atom stereocenters. The first-order valence-electron chi connectivity index (χ1n) is 7.26. The van der Waals surface area contributed by atoms with Crippen molar-refractivity contribution in [2.24, 2.45) is 0 Å². The normalized spacial score (nSPS) is 12.5. The fourth-order valence-corrected chi connectivity index (χ4v) is 3.44. The second-order valence-corrected chi connectivity index (χ2v) is 6.91. The fraction of sp³-hybridized carbons (Fsp3) is 0.188. The Morgan fingerprint density at radius 2 is 1.73 bits per heavy atom. The van der Waals surface area contributed by atoms with Gasteiger partial charge < -0.3 is 10.1 Å². The number of nitrogens with one attached hydrogen (secondary N) is 2. The van der Waals surface area contributed by atoms with Crippen molar-refractivity contribution in [3.63, 3.8) is 0 Å². The Labute approximate surface area is 148 Å². The van der Waals surface area contributed by atoms with Crippen LogP contribution in [0.1, 0.15) is 6.92 Å². The smallest absolute Gasteiger partial charge is 0.245 e. The molecule has 0 aromatic heterocycles. The highest BCUT2D eigenvalue weighted by molar-refractivity contribution is 7.89. The average molecular weight is 388 g/mol. The van der Waals surface area contributed by atoms with E-state index in [1.807, 2.05) is 10.0 Å². The molecule has 0 heterocycles. The minimum Gasteiger partial charge on any atom is -0.495 e. The minimum absolute atomic E-state index is 0.133. The van der Waals surface area contributed by atoms with E-state index in [-0.39, 0.29) is 5.75 Å². The lowest BCUT2D eigenvalue weighted by Gasteiger charge is -2.16. The lowest BCUT2D eigenvalue weighted by Crippen LogP contribution is -2.41. The van der Waals surface area contributed by atoms with Crippen LogP contribution in [0.2, 0.25) is 0 Å². The summed E-state index contributed by atoms with van der Waals surface area (Å²) in [4.78, 5) is 11.6. The van der Waals surface area contributed by atoms with Crippen molar-refractivity contribution >= 4 is 21.6 Å². The van der Waals surface area contributed by atoms with Gasteiger partial charge in [0.2, 0.25) is 15.9 Å². The number of hydrogen-bond acceptors (Lipinski definition) is 4. The number of halogens is 3. The summed E-state index contributed by atoms with van der Waals surface area (Å²) in [6.07, 6.45) is 0. The van der Waals surface area contributed by atoms with Gasteiger partial charge in [-0.25, -0.2) is 21.6 Å². The molecule has 10 heteroatoms. The topological polar surface area (TPSA) is 84.5 Å². The van der Waals surface area contributed by atoms with Crippen LogP contribution in [0.4, 0.5) is 18.9 Å². The summed E-state index contributed by atoms with van der Waals surface area (Å²) >= 11 is 0. The van der Waals surface area contributed by atoms with E-state index in [1.54, 1.807) is 0 Å². The van der Waals surface area contributed by atoms with Crippen molar-refractivity contribution in [2.75, 3.05) is 12.4 Å². The zero-order valence-electron chi connectivity index (χ0n) is 13.7. The highest BCUT2D eigenvalue weighted by atomic mass is 32.2. The van der Waals surface area contributed by atoms with Crippen LogP contribution in [0.25, 0.3) is 0 Å². The van der Waals surface area contributed by atoms with Crippen molar-refractivity contribution in [3.8, 4) is 5.75 Å². The quantitative estimate of drug-likeness (QED) is 0.796. The number of anilines is 1. The van der Waals surface area contributed by atoms with Crippen molar-refractivity contribution in [3.05, 3.63) is 53.8 Å². The Morgan fingerprint density at radius 3 is 2.31 bits per heavy atom. The molecule has 0 fully saturated rings. The lowest BCUT2D eigenvalue weighted by molar-refractivity contribution is -0.117. The Balaban J connectivity index is 2.22. The van der Waals surface area contributed by atoms with Gasteiger partial charge in [-0.1, -0.05) is 6.07 Å². The summed E-state index contributed by atoms with van der Waals surface area (Å²) in [5.41, 5.74) is -0.702. The first kappa shape index (κ1) is 19.7. The summed E-state index contributed by atoms with van der Waals surface area (Å²) in [5, 5.41) is 1.97. The van der Waals surface area contributed by atoms with Crippen LogP contribution in [-0.4, -0.2) is 27.5 Å². The first-order valence-corrected chi connectivity index (χ1v) is 8.74. The zero-order valence-corrected chi connectivity index (χ0v) is 14.5. The van der Waals surface area contributed by atoms with Gasteiger partial charge >= 0.3 is 0 Å². The van der Waals surface area contributed by atoms with Gasteiger partial charge in [-0.3, -0.25) is 4.79 Å². The maximum atomic E-state index is 13.6. The van der Waals surface area contributed by atoms with Gasteiger partial charge in [-0.15, -0.1) is 0 Å². The number of rotatable bonds is 6. The number of para-hydroxylation sites is 1. The van der Waals surface area contributed by atoms with Gasteiger partial charge in [0.05, 0.1) is 13.2 Å². The second kappa shape index (κ2) is 7.75. The Bertz CT molecular complexity index is 915. The number of sulfonamides is 1. The van der Waals surface area contributed by atoms with Crippen LogP contribution in [0, 0.1) is 17.5 Å². The van der Waals surface area contributed by atoms with Crippen LogP contribution in [-0.2, 0) is 14.8 Å². The molecule has 0 spiro atoms. The number of benzene rings is 2. The number of ether oxygens (including phenoxy) is 1. The molecule has 0 saturated heterocycles. The van der Waals surface area contributed by atoms with E-state index in [0.29, 0.717) is 0 Å². The molecule has 0 saturated carbocycles. The third-order valence-corrected chi connectivity index (χ3v) is 4.91. The number of carbonyl (C=O) groups excluding carboxylic acids is 1. The molecule has 26 heavy (non-hydrogen) atoms. The molecule has 0 radical (unpaired) electrons. The van der Waals surface area contributed by atoms with Crippen LogP contribution < -0.4 is 14.8 Å². The van der Waals surface area contributed by atoms with Crippen LogP contribution in [0.15, 0.2) is 41.3 Å². The average Bonchev–Trinajstić information content (AvgIpc) is 2.57. The molecule has 0 aliphatic heterocycles. The number of carbonyl (C=O) groups is 1. The van der Waals surface area contributed by atoms with Crippen molar-refractivity contribution in [1.82, 2.24) is 4.72 Å². The molecule has 0 aliphatic rings. The predicted octanol–water partition coefficient (Wildman–Crippen LogP) is 2.42. The Morgan fingerprint density at radius 1 is 1.12 bits per heavy atom. The molecule has 2 N–H and O–H groups in total. The van der Waals surface area contributed by atoms with E-state index in [2.05, 4.69) is 0 Å². The molecular weight excluding hydrogens is 373 g/mol. The van der Waals surface area contributed by atoms with E-state index in [9.17, 15) is 26.4 Å². The van der Waals surface area contributed by atoms with Gasteiger partial charge in [0.25, 0.3) is 0 Å². The SMILES string of the molecule is COc1ccc(F)cc1S(=O)(=O)NC(C)C(=O)Nc1c(F)cccc1F. The summed E-state index contributed by atoms with van der Waals surface area (Å²) in [6.45, 7) is 1.16. The molecular formula is C16H15F3N2O4S. The zero-order chi connectivity index (χ0) is 19.5. The molecule has 1 amide bonds. The summed E-state index contributed by atoms with van der Waals surface area (Å²) in [5.74, 6) is -3.99. The molecule has 0 aliphatic carbocycles. The number of methoxy groups -OCH3 is 1. The fourth-order valence-electron chi connectivity index (χ4n) is 2.06. The van der Waals surface area contributed by atoms with Crippen molar-refractivity contribution < 1.29 is 31.1 Å². The van der Waals surface area contributed by atoms with E-state index in [1.165, 1.54) is 7.11 Å². The lowest BCUT2D eigenvalue weighted by atomic mass is 10.2.